The van der Waals surface area contributed by atoms with Gasteiger partial charge in [0.25, 0.3) is 0 Å². The van der Waals surface area contributed by atoms with Crippen molar-refractivity contribution in [3.05, 3.63) is 58.9 Å². The first-order chi connectivity index (χ1) is 8.16. The molecule has 0 amide bonds. The molecule has 2 aromatic rings. The van der Waals surface area contributed by atoms with E-state index in [0.29, 0.717) is 10.7 Å². The SMILES string of the molecule is Fc1cccc(F)c1OCc1ccnc(Cl)c1. The summed E-state index contributed by atoms with van der Waals surface area (Å²) in [7, 11) is 0. The Morgan fingerprint density at radius 3 is 2.53 bits per heavy atom. The minimum Gasteiger partial charge on any atom is -0.483 e. The lowest BCUT2D eigenvalue weighted by Crippen LogP contribution is -2.00. The summed E-state index contributed by atoms with van der Waals surface area (Å²) >= 11 is 5.67. The van der Waals surface area contributed by atoms with E-state index in [2.05, 4.69) is 4.98 Å². The van der Waals surface area contributed by atoms with E-state index in [1.165, 1.54) is 12.3 Å². The van der Waals surface area contributed by atoms with E-state index >= 15 is 0 Å². The molecule has 0 aliphatic heterocycles. The van der Waals surface area contributed by atoms with Crippen LogP contribution in [0.2, 0.25) is 5.15 Å². The molecule has 5 heteroatoms. The Kier molecular flexibility index (Phi) is 3.54. The van der Waals surface area contributed by atoms with Crippen molar-refractivity contribution >= 4 is 11.6 Å². The van der Waals surface area contributed by atoms with E-state index in [9.17, 15) is 8.78 Å². The van der Waals surface area contributed by atoms with Gasteiger partial charge in [-0.05, 0) is 29.8 Å². The zero-order valence-corrected chi connectivity index (χ0v) is 9.42. The normalized spacial score (nSPS) is 10.3. The van der Waals surface area contributed by atoms with Crippen LogP contribution in [-0.2, 0) is 6.61 Å². The van der Waals surface area contributed by atoms with Crippen LogP contribution in [0.15, 0.2) is 36.5 Å². The highest BCUT2D eigenvalue weighted by molar-refractivity contribution is 6.29. The highest BCUT2D eigenvalue weighted by Crippen LogP contribution is 2.22. The molecule has 1 aromatic heterocycles. The molecular formula is C12H8ClF2NO. The zero-order valence-electron chi connectivity index (χ0n) is 8.66. The average Bonchev–Trinajstić information content (AvgIpc) is 2.28. The first-order valence-electron chi connectivity index (χ1n) is 4.84. The number of nitrogens with zero attached hydrogens (tertiary/aromatic N) is 1. The van der Waals surface area contributed by atoms with Gasteiger partial charge in [0, 0.05) is 6.20 Å². The number of ether oxygens (including phenoxy) is 1. The van der Waals surface area contributed by atoms with Gasteiger partial charge in [-0.15, -0.1) is 0 Å². The Morgan fingerprint density at radius 1 is 1.18 bits per heavy atom. The molecule has 1 aromatic carbocycles. The molecule has 0 bridgehead atoms. The van der Waals surface area contributed by atoms with Gasteiger partial charge in [-0.3, -0.25) is 0 Å². The van der Waals surface area contributed by atoms with Crippen molar-refractivity contribution in [2.75, 3.05) is 0 Å². The van der Waals surface area contributed by atoms with Crippen molar-refractivity contribution in [2.24, 2.45) is 0 Å². The summed E-state index contributed by atoms with van der Waals surface area (Å²) in [6, 6.07) is 6.78. The van der Waals surface area contributed by atoms with Crippen LogP contribution in [0.5, 0.6) is 5.75 Å². The second-order valence-electron chi connectivity index (χ2n) is 3.33. The summed E-state index contributed by atoms with van der Waals surface area (Å²) in [5.41, 5.74) is 0.688. The second-order valence-corrected chi connectivity index (χ2v) is 3.71. The average molecular weight is 256 g/mol. The minimum absolute atomic E-state index is 0.0279. The first-order valence-corrected chi connectivity index (χ1v) is 5.22. The zero-order chi connectivity index (χ0) is 12.3. The molecule has 0 spiro atoms. The van der Waals surface area contributed by atoms with E-state index in [1.807, 2.05) is 0 Å². The molecule has 0 radical (unpaired) electrons. The van der Waals surface area contributed by atoms with Crippen molar-refractivity contribution in [1.82, 2.24) is 4.98 Å². The van der Waals surface area contributed by atoms with Crippen molar-refractivity contribution in [3.8, 4) is 5.75 Å². The lowest BCUT2D eigenvalue weighted by atomic mass is 10.3. The molecule has 1 heterocycles. The van der Waals surface area contributed by atoms with E-state index in [4.69, 9.17) is 16.3 Å². The quantitative estimate of drug-likeness (QED) is 0.782. The topological polar surface area (TPSA) is 22.1 Å². The summed E-state index contributed by atoms with van der Waals surface area (Å²) < 4.78 is 31.5. The Bertz CT molecular complexity index is 513. The maximum absolute atomic E-state index is 13.2. The molecule has 0 atom stereocenters. The number of halogens is 3. The van der Waals surface area contributed by atoms with Gasteiger partial charge in [0.1, 0.15) is 11.8 Å². The fraction of sp³-hybridized carbons (Fsp3) is 0.0833. The number of pyridine rings is 1. The van der Waals surface area contributed by atoms with Gasteiger partial charge >= 0.3 is 0 Å². The molecular weight excluding hydrogens is 248 g/mol. The minimum atomic E-state index is -0.731. The van der Waals surface area contributed by atoms with Crippen molar-refractivity contribution in [3.63, 3.8) is 0 Å². The van der Waals surface area contributed by atoms with Crippen molar-refractivity contribution in [1.29, 1.82) is 0 Å². The first kappa shape index (κ1) is 11.8. The van der Waals surface area contributed by atoms with Gasteiger partial charge in [0.2, 0.25) is 0 Å². The Labute approximate surface area is 102 Å². The third-order valence-corrected chi connectivity index (χ3v) is 2.30. The smallest absolute Gasteiger partial charge is 0.191 e. The molecule has 0 saturated carbocycles. The maximum atomic E-state index is 13.2. The monoisotopic (exact) mass is 255 g/mol. The Hall–Kier alpha value is -1.68. The fourth-order valence-electron chi connectivity index (χ4n) is 1.31. The van der Waals surface area contributed by atoms with Gasteiger partial charge in [0.05, 0.1) is 0 Å². The van der Waals surface area contributed by atoms with Gasteiger partial charge in [-0.2, -0.15) is 0 Å². The molecule has 88 valence electrons. The van der Waals surface area contributed by atoms with E-state index in [-0.39, 0.29) is 12.4 Å². The molecule has 2 rings (SSSR count). The summed E-state index contributed by atoms with van der Waals surface area (Å²) in [5.74, 6) is -1.85. The molecule has 0 saturated heterocycles. The van der Waals surface area contributed by atoms with Crippen LogP contribution in [0, 0.1) is 11.6 Å². The van der Waals surface area contributed by atoms with Crippen molar-refractivity contribution < 1.29 is 13.5 Å². The van der Waals surface area contributed by atoms with Gasteiger partial charge in [0.15, 0.2) is 17.4 Å². The lowest BCUT2D eigenvalue weighted by Gasteiger charge is -2.08. The third kappa shape index (κ3) is 2.91. The summed E-state index contributed by atoms with van der Waals surface area (Å²) in [6.07, 6.45) is 1.50. The van der Waals surface area contributed by atoms with Crippen LogP contribution in [0.4, 0.5) is 8.78 Å². The molecule has 2 nitrogen and oxygen atoms in total. The number of aromatic nitrogens is 1. The number of rotatable bonds is 3. The summed E-state index contributed by atoms with van der Waals surface area (Å²) in [5, 5.41) is 0.306. The van der Waals surface area contributed by atoms with Crippen LogP contribution in [-0.4, -0.2) is 4.98 Å². The van der Waals surface area contributed by atoms with Crippen LogP contribution in [0.3, 0.4) is 0 Å². The largest absolute Gasteiger partial charge is 0.483 e. The van der Waals surface area contributed by atoms with Crippen LogP contribution >= 0.6 is 11.6 Å². The summed E-state index contributed by atoms with van der Waals surface area (Å²) in [6.45, 7) is 0.0279. The van der Waals surface area contributed by atoms with Crippen LogP contribution in [0.1, 0.15) is 5.56 Å². The van der Waals surface area contributed by atoms with Crippen molar-refractivity contribution in [2.45, 2.75) is 6.61 Å². The van der Waals surface area contributed by atoms with Crippen LogP contribution < -0.4 is 4.74 Å². The highest BCUT2D eigenvalue weighted by Gasteiger charge is 2.09. The predicted molar refractivity (Wildman–Crippen MR) is 59.9 cm³/mol. The number of hydrogen-bond acceptors (Lipinski definition) is 2. The van der Waals surface area contributed by atoms with Gasteiger partial charge in [-0.1, -0.05) is 17.7 Å². The Morgan fingerprint density at radius 2 is 1.88 bits per heavy atom. The van der Waals surface area contributed by atoms with E-state index < -0.39 is 11.6 Å². The Balaban J connectivity index is 2.13. The second kappa shape index (κ2) is 5.10. The van der Waals surface area contributed by atoms with Crippen LogP contribution in [0.25, 0.3) is 0 Å². The van der Waals surface area contributed by atoms with Gasteiger partial charge < -0.3 is 4.74 Å². The van der Waals surface area contributed by atoms with Gasteiger partial charge in [-0.25, -0.2) is 13.8 Å². The van der Waals surface area contributed by atoms with E-state index in [0.717, 1.165) is 12.1 Å². The van der Waals surface area contributed by atoms with E-state index in [1.54, 1.807) is 12.1 Å². The molecule has 17 heavy (non-hydrogen) atoms. The third-order valence-electron chi connectivity index (χ3n) is 2.09. The molecule has 0 unspecified atom stereocenters. The number of hydrogen-bond donors (Lipinski definition) is 0. The number of benzene rings is 1. The molecule has 0 fully saturated rings. The highest BCUT2D eigenvalue weighted by atomic mass is 35.5. The predicted octanol–water partition coefficient (Wildman–Crippen LogP) is 3.59. The molecule has 0 N–H and O–H groups in total. The molecule has 0 aliphatic carbocycles. The summed E-state index contributed by atoms with van der Waals surface area (Å²) in [4.78, 5) is 3.79. The number of para-hydroxylation sites is 1. The molecule has 0 aliphatic rings. The standard InChI is InChI=1S/C12H8ClF2NO/c13-11-6-8(4-5-16-11)7-17-12-9(14)2-1-3-10(12)15/h1-6H,7H2. The maximum Gasteiger partial charge on any atom is 0.191 e. The fourth-order valence-corrected chi connectivity index (χ4v) is 1.50. The lowest BCUT2D eigenvalue weighted by molar-refractivity contribution is 0.274.